The van der Waals surface area contributed by atoms with Crippen molar-refractivity contribution in [2.45, 2.75) is 19.8 Å². The normalized spacial score (nSPS) is 10.2. The Labute approximate surface area is 90.8 Å². The topological polar surface area (TPSA) is 12.9 Å². The monoisotopic (exact) mass is 197 g/mol. The molecule has 0 aliphatic carbocycles. The third kappa shape index (κ3) is 2.91. The molecule has 0 unspecified atom stereocenters. The summed E-state index contributed by atoms with van der Waals surface area (Å²) in [5.74, 6) is 0. The van der Waals surface area contributed by atoms with E-state index in [0.29, 0.717) is 0 Å². The summed E-state index contributed by atoms with van der Waals surface area (Å²) in [6.45, 7) is 2.11. The van der Waals surface area contributed by atoms with E-state index in [1.54, 1.807) is 0 Å². The van der Waals surface area contributed by atoms with Crippen LogP contribution in [0.15, 0.2) is 48.7 Å². The van der Waals surface area contributed by atoms with Crippen molar-refractivity contribution in [3.8, 4) is 0 Å². The van der Waals surface area contributed by atoms with E-state index in [1.807, 2.05) is 18.3 Å². The summed E-state index contributed by atoms with van der Waals surface area (Å²) in [6.07, 6.45) is 3.94. The van der Waals surface area contributed by atoms with Gasteiger partial charge in [0.1, 0.15) is 0 Å². The van der Waals surface area contributed by atoms with Crippen molar-refractivity contribution in [1.82, 2.24) is 4.98 Å². The molecule has 1 heterocycles. The van der Waals surface area contributed by atoms with Crippen molar-refractivity contribution in [3.63, 3.8) is 0 Å². The molecule has 0 fully saturated rings. The highest BCUT2D eigenvalue weighted by molar-refractivity contribution is 5.22. The zero-order valence-electron chi connectivity index (χ0n) is 8.98. The Balaban J connectivity index is 1.96. The van der Waals surface area contributed by atoms with Crippen LogP contribution >= 0.6 is 0 Å². The van der Waals surface area contributed by atoms with Crippen LogP contribution in [0.2, 0.25) is 0 Å². The Morgan fingerprint density at radius 3 is 2.40 bits per heavy atom. The summed E-state index contributed by atoms with van der Waals surface area (Å²) in [5.41, 5.74) is 3.86. The highest BCUT2D eigenvalue weighted by atomic mass is 14.7. The Hall–Kier alpha value is -1.63. The standard InChI is InChI=1S/C14H15N/c1-12-5-7-13(8-6-12)9-10-14-4-2-3-11-15-14/h2-8,11H,9-10H2,1H3. The molecule has 76 valence electrons. The number of hydrogen-bond donors (Lipinski definition) is 0. The van der Waals surface area contributed by atoms with E-state index in [-0.39, 0.29) is 0 Å². The highest BCUT2D eigenvalue weighted by Crippen LogP contribution is 2.06. The average molecular weight is 197 g/mol. The summed E-state index contributed by atoms with van der Waals surface area (Å²) in [5, 5.41) is 0. The fourth-order valence-electron chi connectivity index (χ4n) is 1.57. The molecule has 0 saturated carbocycles. The highest BCUT2D eigenvalue weighted by Gasteiger charge is 1.95. The van der Waals surface area contributed by atoms with Crippen LogP contribution in [0.1, 0.15) is 16.8 Å². The minimum absolute atomic E-state index is 1.02. The number of hydrogen-bond acceptors (Lipinski definition) is 1. The van der Waals surface area contributed by atoms with Crippen LogP contribution in [0.4, 0.5) is 0 Å². The molecule has 0 amide bonds. The lowest BCUT2D eigenvalue weighted by Gasteiger charge is -2.01. The Kier molecular flexibility index (Phi) is 3.13. The molecule has 0 aliphatic heterocycles. The quantitative estimate of drug-likeness (QED) is 0.736. The van der Waals surface area contributed by atoms with Gasteiger partial charge in [-0.3, -0.25) is 4.98 Å². The lowest BCUT2D eigenvalue weighted by atomic mass is 10.1. The third-order valence-electron chi connectivity index (χ3n) is 2.52. The molecule has 1 aromatic carbocycles. The van der Waals surface area contributed by atoms with E-state index < -0.39 is 0 Å². The number of pyridine rings is 1. The van der Waals surface area contributed by atoms with Crippen LogP contribution in [0.3, 0.4) is 0 Å². The van der Waals surface area contributed by atoms with Gasteiger partial charge in [-0.25, -0.2) is 0 Å². The van der Waals surface area contributed by atoms with E-state index in [0.717, 1.165) is 18.5 Å². The second-order valence-electron chi connectivity index (χ2n) is 3.81. The van der Waals surface area contributed by atoms with Gasteiger partial charge in [0.05, 0.1) is 0 Å². The van der Waals surface area contributed by atoms with Gasteiger partial charge in [0, 0.05) is 11.9 Å². The first-order valence-corrected chi connectivity index (χ1v) is 5.30. The lowest BCUT2D eigenvalue weighted by Crippen LogP contribution is -1.93. The molecule has 0 bridgehead atoms. The number of aryl methyl sites for hydroxylation is 3. The molecule has 1 aromatic heterocycles. The van der Waals surface area contributed by atoms with Crippen LogP contribution in [-0.2, 0) is 12.8 Å². The minimum Gasteiger partial charge on any atom is -0.261 e. The molecule has 0 spiro atoms. The van der Waals surface area contributed by atoms with Gasteiger partial charge in [0.15, 0.2) is 0 Å². The second kappa shape index (κ2) is 4.74. The molecule has 15 heavy (non-hydrogen) atoms. The van der Waals surface area contributed by atoms with Crippen molar-refractivity contribution >= 4 is 0 Å². The van der Waals surface area contributed by atoms with Gasteiger partial charge >= 0.3 is 0 Å². The third-order valence-corrected chi connectivity index (χ3v) is 2.52. The van der Waals surface area contributed by atoms with E-state index >= 15 is 0 Å². The average Bonchev–Trinajstić information content (AvgIpc) is 2.30. The van der Waals surface area contributed by atoms with Crippen molar-refractivity contribution in [3.05, 3.63) is 65.5 Å². The molecular formula is C14H15N. The van der Waals surface area contributed by atoms with Crippen LogP contribution in [0.5, 0.6) is 0 Å². The fraction of sp³-hybridized carbons (Fsp3) is 0.214. The van der Waals surface area contributed by atoms with Gasteiger partial charge in [-0.15, -0.1) is 0 Å². The van der Waals surface area contributed by atoms with E-state index in [9.17, 15) is 0 Å². The van der Waals surface area contributed by atoms with Crippen molar-refractivity contribution in [2.24, 2.45) is 0 Å². The fourth-order valence-corrected chi connectivity index (χ4v) is 1.57. The van der Waals surface area contributed by atoms with Gasteiger partial charge < -0.3 is 0 Å². The maximum atomic E-state index is 4.31. The molecule has 0 radical (unpaired) electrons. The molecule has 0 aliphatic rings. The second-order valence-corrected chi connectivity index (χ2v) is 3.81. The molecule has 2 aromatic rings. The maximum Gasteiger partial charge on any atom is 0.0406 e. The molecule has 0 atom stereocenters. The summed E-state index contributed by atoms with van der Waals surface area (Å²) in [4.78, 5) is 4.31. The zero-order valence-corrected chi connectivity index (χ0v) is 8.98. The molecule has 1 heteroatoms. The van der Waals surface area contributed by atoms with Gasteiger partial charge in [0.2, 0.25) is 0 Å². The summed E-state index contributed by atoms with van der Waals surface area (Å²) in [6, 6.07) is 14.8. The first-order valence-electron chi connectivity index (χ1n) is 5.30. The van der Waals surface area contributed by atoms with Gasteiger partial charge in [-0.1, -0.05) is 35.9 Å². The molecule has 2 rings (SSSR count). The summed E-state index contributed by atoms with van der Waals surface area (Å²) in [7, 11) is 0. The Bertz CT molecular complexity index is 403. The van der Waals surface area contributed by atoms with Gasteiger partial charge in [-0.2, -0.15) is 0 Å². The van der Waals surface area contributed by atoms with E-state index in [1.165, 1.54) is 11.1 Å². The van der Waals surface area contributed by atoms with Crippen molar-refractivity contribution in [1.29, 1.82) is 0 Å². The zero-order chi connectivity index (χ0) is 10.5. The van der Waals surface area contributed by atoms with Crippen molar-refractivity contribution < 1.29 is 0 Å². The SMILES string of the molecule is Cc1ccc(CCc2ccccn2)cc1. The number of aromatic nitrogens is 1. The van der Waals surface area contributed by atoms with Gasteiger partial charge in [0.25, 0.3) is 0 Å². The smallest absolute Gasteiger partial charge is 0.0406 e. The number of rotatable bonds is 3. The van der Waals surface area contributed by atoms with Crippen LogP contribution < -0.4 is 0 Å². The molecule has 0 saturated heterocycles. The van der Waals surface area contributed by atoms with E-state index in [4.69, 9.17) is 0 Å². The number of nitrogens with zero attached hydrogens (tertiary/aromatic N) is 1. The van der Waals surface area contributed by atoms with Gasteiger partial charge in [-0.05, 0) is 37.5 Å². The predicted molar refractivity (Wildman–Crippen MR) is 62.8 cm³/mol. The van der Waals surface area contributed by atoms with Crippen LogP contribution in [0, 0.1) is 6.92 Å². The molecule has 1 nitrogen and oxygen atoms in total. The molecular weight excluding hydrogens is 182 g/mol. The largest absolute Gasteiger partial charge is 0.261 e. The Morgan fingerprint density at radius 2 is 1.73 bits per heavy atom. The van der Waals surface area contributed by atoms with Crippen molar-refractivity contribution in [2.75, 3.05) is 0 Å². The predicted octanol–water partition coefficient (Wildman–Crippen LogP) is 3.18. The molecule has 0 N–H and O–H groups in total. The first-order chi connectivity index (χ1) is 7.34. The Morgan fingerprint density at radius 1 is 0.933 bits per heavy atom. The van der Waals surface area contributed by atoms with Crippen LogP contribution in [-0.4, -0.2) is 4.98 Å². The first kappa shape index (κ1) is 9.91. The van der Waals surface area contributed by atoms with E-state index in [2.05, 4.69) is 42.2 Å². The summed E-state index contributed by atoms with van der Waals surface area (Å²) < 4.78 is 0. The maximum absolute atomic E-state index is 4.31. The minimum atomic E-state index is 1.02. The lowest BCUT2D eigenvalue weighted by molar-refractivity contribution is 0.913. The summed E-state index contributed by atoms with van der Waals surface area (Å²) >= 11 is 0. The van der Waals surface area contributed by atoms with Crippen LogP contribution in [0.25, 0.3) is 0 Å². The number of benzene rings is 1.